The first-order valence-electron chi connectivity index (χ1n) is 7.36. The normalized spacial score (nSPS) is 12.4. The number of likely N-dealkylation sites (N-methyl/N-ethyl adjacent to an activating group) is 1. The number of aryl methyl sites for hydroxylation is 1. The molecule has 1 aromatic heterocycles. The van der Waals surface area contributed by atoms with Gasteiger partial charge in [0, 0.05) is 18.3 Å². The van der Waals surface area contributed by atoms with Crippen molar-refractivity contribution in [3.8, 4) is 0 Å². The average molecular weight is 282 g/mol. The zero-order chi connectivity index (χ0) is 15.2. The summed E-state index contributed by atoms with van der Waals surface area (Å²) >= 11 is 0. The second-order valence-corrected chi connectivity index (χ2v) is 5.29. The van der Waals surface area contributed by atoms with Crippen LogP contribution in [0.2, 0.25) is 0 Å². The second-order valence-electron chi connectivity index (χ2n) is 5.29. The van der Waals surface area contributed by atoms with E-state index in [0.717, 1.165) is 17.8 Å². The zero-order valence-electron chi connectivity index (χ0n) is 12.9. The van der Waals surface area contributed by atoms with E-state index in [4.69, 9.17) is 0 Å². The minimum atomic E-state index is -0.153. The Kier molecular flexibility index (Phi) is 5.23. The van der Waals surface area contributed by atoms with E-state index >= 15 is 0 Å². The molecule has 1 unspecified atom stereocenters. The summed E-state index contributed by atoms with van der Waals surface area (Å²) in [5.74, 6) is 0.160. The maximum Gasteiger partial charge on any atom is 0.179 e. The van der Waals surface area contributed by atoms with Gasteiger partial charge in [-0.3, -0.25) is 14.7 Å². The topological polar surface area (TPSA) is 33.2 Å². The first-order valence-corrected chi connectivity index (χ1v) is 7.36. The first-order chi connectivity index (χ1) is 10.1. The summed E-state index contributed by atoms with van der Waals surface area (Å²) in [5, 5.41) is 0. The van der Waals surface area contributed by atoms with Crippen LogP contribution < -0.4 is 0 Å². The molecule has 1 atom stereocenters. The van der Waals surface area contributed by atoms with Gasteiger partial charge in [0.2, 0.25) is 0 Å². The number of aromatic nitrogens is 1. The number of hydrogen-bond acceptors (Lipinski definition) is 3. The van der Waals surface area contributed by atoms with E-state index in [0.29, 0.717) is 6.54 Å². The molecule has 0 aliphatic heterocycles. The van der Waals surface area contributed by atoms with Gasteiger partial charge in [0.1, 0.15) is 0 Å². The van der Waals surface area contributed by atoms with Gasteiger partial charge in [-0.05, 0) is 32.5 Å². The molecule has 0 aliphatic carbocycles. The van der Waals surface area contributed by atoms with Crippen molar-refractivity contribution in [1.82, 2.24) is 9.88 Å². The van der Waals surface area contributed by atoms with Crippen molar-refractivity contribution in [3.05, 3.63) is 65.5 Å². The third kappa shape index (κ3) is 3.99. The Bertz CT molecular complexity index is 578. The fourth-order valence-electron chi connectivity index (χ4n) is 2.35. The number of hydrogen-bond donors (Lipinski definition) is 0. The van der Waals surface area contributed by atoms with Crippen LogP contribution in [0, 0.1) is 6.92 Å². The predicted molar refractivity (Wildman–Crippen MR) is 85.3 cm³/mol. The van der Waals surface area contributed by atoms with Crippen LogP contribution in [0.1, 0.15) is 35.5 Å². The maximum atomic E-state index is 12.6. The Hall–Kier alpha value is -2.00. The van der Waals surface area contributed by atoms with Crippen molar-refractivity contribution in [2.45, 2.75) is 33.4 Å². The number of pyridine rings is 1. The summed E-state index contributed by atoms with van der Waals surface area (Å²) in [6.07, 6.45) is 1.79. The highest BCUT2D eigenvalue weighted by molar-refractivity contribution is 5.99. The molecule has 21 heavy (non-hydrogen) atoms. The molecule has 0 saturated carbocycles. The van der Waals surface area contributed by atoms with E-state index in [-0.39, 0.29) is 11.8 Å². The molecule has 3 nitrogen and oxygen atoms in total. The summed E-state index contributed by atoms with van der Waals surface area (Å²) in [6, 6.07) is 13.5. The van der Waals surface area contributed by atoms with Crippen molar-refractivity contribution in [1.29, 1.82) is 0 Å². The average Bonchev–Trinajstić information content (AvgIpc) is 2.53. The molecular weight excluding hydrogens is 260 g/mol. The number of benzene rings is 1. The van der Waals surface area contributed by atoms with Crippen molar-refractivity contribution < 1.29 is 4.79 Å². The minimum Gasteiger partial charge on any atom is -0.292 e. The molecule has 0 saturated heterocycles. The lowest BCUT2D eigenvalue weighted by atomic mass is 10.0. The fourth-order valence-corrected chi connectivity index (χ4v) is 2.35. The Labute approximate surface area is 126 Å². The molecule has 1 heterocycles. The zero-order valence-corrected chi connectivity index (χ0v) is 12.9. The lowest BCUT2D eigenvalue weighted by molar-refractivity contribution is 0.0834. The molecule has 3 heteroatoms. The third-order valence-electron chi connectivity index (χ3n) is 3.76. The third-order valence-corrected chi connectivity index (χ3v) is 3.76. The summed E-state index contributed by atoms with van der Waals surface area (Å²) in [5.41, 5.74) is 2.93. The van der Waals surface area contributed by atoms with Gasteiger partial charge >= 0.3 is 0 Å². The van der Waals surface area contributed by atoms with Gasteiger partial charge in [-0.2, -0.15) is 0 Å². The molecule has 2 rings (SSSR count). The molecule has 0 N–H and O–H groups in total. The van der Waals surface area contributed by atoms with Gasteiger partial charge in [-0.15, -0.1) is 0 Å². The number of nitrogens with zero attached hydrogens (tertiary/aromatic N) is 2. The molecule has 2 aromatic rings. The van der Waals surface area contributed by atoms with Crippen LogP contribution in [0.5, 0.6) is 0 Å². The lowest BCUT2D eigenvalue weighted by Gasteiger charge is -2.26. The van der Waals surface area contributed by atoms with Crippen molar-refractivity contribution in [3.63, 3.8) is 0 Å². The second kappa shape index (κ2) is 7.14. The van der Waals surface area contributed by atoms with Gasteiger partial charge in [0.15, 0.2) is 5.78 Å². The number of carbonyl (C=O) groups excluding carboxylic acids is 1. The molecule has 0 amide bonds. The smallest absolute Gasteiger partial charge is 0.179 e. The highest BCUT2D eigenvalue weighted by Gasteiger charge is 2.21. The number of rotatable bonds is 6. The highest BCUT2D eigenvalue weighted by Crippen LogP contribution is 2.12. The summed E-state index contributed by atoms with van der Waals surface area (Å²) in [4.78, 5) is 19.1. The number of ketones is 1. The van der Waals surface area contributed by atoms with Gasteiger partial charge < -0.3 is 0 Å². The lowest BCUT2D eigenvalue weighted by Crippen LogP contribution is -2.38. The molecule has 1 aromatic carbocycles. The molecule has 0 aliphatic rings. The SMILES string of the molecule is CCN(Cc1ccccn1)C(C)C(=O)c1ccc(C)cc1. The van der Waals surface area contributed by atoms with Crippen LogP contribution in [-0.4, -0.2) is 28.3 Å². The number of carbonyl (C=O) groups is 1. The van der Waals surface area contributed by atoms with Gasteiger partial charge in [-0.1, -0.05) is 42.8 Å². The standard InChI is InChI=1S/C18H22N2O/c1-4-20(13-17-7-5-6-12-19-17)15(3)18(21)16-10-8-14(2)9-11-16/h5-12,15H,4,13H2,1-3H3. The van der Waals surface area contributed by atoms with Crippen LogP contribution in [-0.2, 0) is 6.54 Å². The van der Waals surface area contributed by atoms with Crippen LogP contribution in [0.25, 0.3) is 0 Å². The largest absolute Gasteiger partial charge is 0.292 e. The van der Waals surface area contributed by atoms with E-state index in [2.05, 4.69) is 16.8 Å². The Balaban J connectivity index is 2.10. The molecule has 0 fully saturated rings. The van der Waals surface area contributed by atoms with E-state index in [1.165, 1.54) is 5.56 Å². The van der Waals surface area contributed by atoms with Crippen molar-refractivity contribution in [2.24, 2.45) is 0 Å². The Morgan fingerprint density at radius 2 is 1.90 bits per heavy atom. The van der Waals surface area contributed by atoms with E-state index in [9.17, 15) is 4.79 Å². The van der Waals surface area contributed by atoms with Gasteiger partial charge in [-0.25, -0.2) is 0 Å². The van der Waals surface area contributed by atoms with Gasteiger partial charge in [0.25, 0.3) is 0 Å². The Morgan fingerprint density at radius 3 is 2.48 bits per heavy atom. The molecular formula is C18H22N2O. The molecule has 110 valence electrons. The molecule has 0 spiro atoms. The van der Waals surface area contributed by atoms with Crippen molar-refractivity contribution >= 4 is 5.78 Å². The fraction of sp³-hybridized carbons (Fsp3) is 0.333. The highest BCUT2D eigenvalue weighted by atomic mass is 16.1. The van der Waals surface area contributed by atoms with Crippen LogP contribution in [0.3, 0.4) is 0 Å². The molecule has 0 radical (unpaired) electrons. The predicted octanol–water partition coefficient (Wildman–Crippen LogP) is 3.48. The Morgan fingerprint density at radius 1 is 1.19 bits per heavy atom. The van der Waals surface area contributed by atoms with Crippen molar-refractivity contribution in [2.75, 3.05) is 6.54 Å². The quantitative estimate of drug-likeness (QED) is 0.760. The van der Waals surface area contributed by atoms with Gasteiger partial charge in [0.05, 0.1) is 11.7 Å². The van der Waals surface area contributed by atoms with Crippen LogP contribution in [0.15, 0.2) is 48.7 Å². The maximum absolute atomic E-state index is 12.6. The number of Topliss-reactive ketones (excluding diaryl/α,β-unsaturated/α-hetero) is 1. The first kappa shape index (κ1) is 15.4. The summed E-state index contributed by atoms with van der Waals surface area (Å²) < 4.78 is 0. The monoisotopic (exact) mass is 282 g/mol. The van der Waals surface area contributed by atoms with E-state index in [1.807, 2.05) is 56.3 Å². The molecule has 0 bridgehead atoms. The summed E-state index contributed by atoms with van der Waals surface area (Å²) in [6.45, 7) is 7.57. The van der Waals surface area contributed by atoms with E-state index < -0.39 is 0 Å². The van der Waals surface area contributed by atoms with Crippen LogP contribution in [0.4, 0.5) is 0 Å². The minimum absolute atomic E-state index is 0.153. The van der Waals surface area contributed by atoms with Crippen LogP contribution >= 0.6 is 0 Å². The van der Waals surface area contributed by atoms with E-state index in [1.54, 1.807) is 6.20 Å². The summed E-state index contributed by atoms with van der Waals surface area (Å²) in [7, 11) is 0.